The molecule has 15 heavy (non-hydrogen) atoms. The van der Waals surface area contributed by atoms with Gasteiger partial charge in [0.2, 0.25) is 0 Å². The number of rotatable bonds is 4. The lowest BCUT2D eigenvalue weighted by molar-refractivity contribution is 0.0486. The Bertz CT molecular complexity index is 218. The van der Waals surface area contributed by atoms with Crippen LogP contribution in [0.15, 0.2) is 0 Å². The second-order valence-corrected chi connectivity index (χ2v) is 5.22. The summed E-state index contributed by atoms with van der Waals surface area (Å²) in [5.74, 6) is 0.667. The second kappa shape index (κ2) is 4.84. The van der Waals surface area contributed by atoms with Gasteiger partial charge in [-0.15, -0.1) is 0 Å². The maximum atomic E-state index is 11.2. The van der Waals surface area contributed by atoms with E-state index in [1.54, 1.807) is 0 Å². The number of ether oxygens (including phenoxy) is 1. The highest BCUT2D eigenvalue weighted by Gasteiger charge is 2.25. The molecule has 1 amide bonds. The summed E-state index contributed by atoms with van der Waals surface area (Å²) in [6.07, 6.45) is 2.31. The molecule has 1 aliphatic carbocycles. The molecular formula is C11H21NO3. The highest BCUT2D eigenvalue weighted by molar-refractivity contribution is 5.67. The molecule has 0 aromatic rings. The Labute approximate surface area is 91.0 Å². The molecule has 0 spiro atoms. The molecule has 1 saturated carbocycles. The number of nitrogens with one attached hydrogen (secondary N) is 1. The van der Waals surface area contributed by atoms with E-state index in [9.17, 15) is 9.90 Å². The fourth-order valence-corrected chi connectivity index (χ4v) is 1.34. The third-order valence-electron chi connectivity index (χ3n) is 2.18. The van der Waals surface area contributed by atoms with Crippen molar-refractivity contribution in [3.63, 3.8) is 0 Å². The molecule has 1 unspecified atom stereocenters. The molecule has 1 atom stereocenters. The average molecular weight is 215 g/mol. The van der Waals surface area contributed by atoms with Gasteiger partial charge >= 0.3 is 6.09 Å². The van der Waals surface area contributed by atoms with Crippen molar-refractivity contribution in [3.05, 3.63) is 0 Å². The summed E-state index contributed by atoms with van der Waals surface area (Å²) in [7, 11) is 0. The van der Waals surface area contributed by atoms with Gasteiger partial charge in [-0.3, -0.25) is 0 Å². The van der Waals surface area contributed by atoms with Crippen LogP contribution < -0.4 is 5.32 Å². The van der Waals surface area contributed by atoms with Gasteiger partial charge in [0.1, 0.15) is 5.60 Å². The summed E-state index contributed by atoms with van der Waals surface area (Å²) in [6.45, 7) is 5.72. The molecule has 4 heteroatoms. The van der Waals surface area contributed by atoms with Crippen LogP contribution in [0.25, 0.3) is 0 Å². The van der Waals surface area contributed by atoms with Crippen molar-refractivity contribution in [1.82, 2.24) is 5.32 Å². The van der Waals surface area contributed by atoms with Crippen LogP contribution in [0.5, 0.6) is 0 Å². The van der Waals surface area contributed by atoms with E-state index in [1.807, 2.05) is 20.8 Å². The van der Waals surface area contributed by atoms with E-state index in [4.69, 9.17) is 4.74 Å². The molecule has 0 saturated heterocycles. The molecule has 1 aliphatic rings. The molecule has 4 nitrogen and oxygen atoms in total. The Morgan fingerprint density at radius 3 is 2.60 bits per heavy atom. The first-order valence-electron chi connectivity index (χ1n) is 5.52. The zero-order valence-corrected chi connectivity index (χ0v) is 9.75. The van der Waals surface area contributed by atoms with Gasteiger partial charge < -0.3 is 15.2 Å². The van der Waals surface area contributed by atoms with Gasteiger partial charge in [-0.25, -0.2) is 4.79 Å². The molecule has 0 bridgehead atoms. The monoisotopic (exact) mass is 215 g/mol. The molecule has 0 radical (unpaired) electrons. The van der Waals surface area contributed by atoms with Crippen LogP contribution in [0.1, 0.15) is 40.0 Å². The molecule has 88 valence electrons. The van der Waals surface area contributed by atoms with E-state index in [0.717, 1.165) is 6.42 Å². The number of hydrogen-bond donors (Lipinski definition) is 2. The van der Waals surface area contributed by atoms with Gasteiger partial charge in [-0.05, 0) is 33.1 Å². The van der Waals surface area contributed by atoms with Crippen LogP contribution in [0.4, 0.5) is 4.79 Å². The Balaban J connectivity index is 2.09. The topological polar surface area (TPSA) is 58.6 Å². The summed E-state index contributed by atoms with van der Waals surface area (Å²) >= 11 is 0. The predicted molar refractivity (Wildman–Crippen MR) is 57.6 cm³/mol. The Morgan fingerprint density at radius 1 is 1.53 bits per heavy atom. The maximum absolute atomic E-state index is 11.2. The third-order valence-corrected chi connectivity index (χ3v) is 2.18. The number of alkyl carbamates (subject to hydrolysis) is 1. The largest absolute Gasteiger partial charge is 0.444 e. The van der Waals surface area contributed by atoms with Gasteiger partial charge in [0.25, 0.3) is 0 Å². The summed E-state index contributed by atoms with van der Waals surface area (Å²) < 4.78 is 5.05. The number of aliphatic hydroxyl groups is 1. The van der Waals surface area contributed by atoms with Crippen molar-refractivity contribution in [1.29, 1.82) is 0 Å². The fourth-order valence-electron chi connectivity index (χ4n) is 1.34. The Morgan fingerprint density at radius 2 is 2.13 bits per heavy atom. The SMILES string of the molecule is CC(C)(C)OC(=O)NCC(O)CC1CC1. The minimum atomic E-state index is -0.481. The fraction of sp³-hybridized carbons (Fsp3) is 0.909. The first-order valence-corrected chi connectivity index (χ1v) is 5.52. The lowest BCUT2D eigenvalue weighted by atomic mass is 10.2. The van der Waals surface area contributed by atoms with Crippen LogP contribution in [0.2, 0.25) is 0 Å². The summed E-state index contributed by atoms with van der Waals surface area (Å²) in [6, 6.07) is 0. The van der Waals surface area contributed by atoms with Crippen LogP contribution >= 0.6 is 0 Å². The minimum absolute atomic E-state index is 0.283. The average Bonchev–Trinajstić information content (AvgIpc) is 2.81. The normalized spacial score (nSPS) is 18.4. The highest BCUT2D eigenvalue weighted by atomic mass is 16.6. The van der Waals surface area contributed by atoms with Crippen LogP contribution in [0, 0.1) is 5.92 Å². The first-order chi connectivity index (χ1) is 6.87. The maximum Gasteiger partial charge on any atom is 0.407 e. The second-order valence-electron chi connectivity index (χ2n) is 5.22. The van der Waals surface area contributed by atoms with E-state index in [1.165, 1.54) is 12.8 Å². The lowest BCUT2D eigenvalue weighted by Crippen LogP contribution is -2.37. The van der Waals surface area contributed by atoms with Crippen LogP contribution in [-0.4, -0.2) is 29.4 Å². The van der Waals surface area contributed by atoms with Gasteiger partial charge in [0.05, 0.1) is 6.10 Å². The van der Waals surface area contributed by atoms with E-state index in [-0.39, 0.29) is 6.54 Å². The van der Waals surface area contributed by atoms with Crippen molar-refractivity contribution in [3.8, 4) is 0 Å². The van der Waals surface area contributed by atoms with E-state index in [0.29, 0.717) is 5.92 Å². The predicted octanol–water partition coefficient (Wildman–Crippen LogP) is 1.67. The van der Waals surface area contributed by atoms with Gasteiger partial charge in [0, 0.05) is 6.54 Å². The standard InChI is InChI=1S/C11H21NO3/c1-11(2,3)15-10(14)12-7-9(13)6-8-4-5-8/h8-9,13H,4-7H2,1-3H3,(H,12,14). The van der Waals surface area contributed by atoms with E-state index >= 15 is 0 Å². The molecule has 0 aromatic carbocycles. The molecule has 2 N–H and O–H groups in total. The van der Waals surface area contributed by atoms with Crippen molar-refractivity contribution < 1.29 is 14.6 Å². The molecule has 1 rings (SSSR count). The number of hydrogen-bond acceptors (Lipinski definition) is 3. The molecule has 0 aromatic heterocycles. The molecular weight excluding hydrogens is 194 g/mol. The first kappa shape index (κ1) is 12.3. The zero-order chi connectivity index (χ0) is 11.5. The summed E-state index contributed by atoms with van der Waals surface area (Å²) in [5, 5.41) is 12.1. The summed E-state index contributed by atoms with van der Waals surface area (Å²) in [4.78, 5) is 11.2. The highest BCUT2D eigenvalue weighted by Crippen LogP contribution is 2.33. The lowest BCUT2D eigenvalue weighted by Gasteiger charge is -2.20. The number of carbonyl (C=O) groups is 1. The van der Waals surface area contributed by atoms with Crippen molar-refractivity contribution in [2.75, 3.05) is 6.54 Å². The van der Waals surface area contributed by atoms with Crippen molar-refractivity contribution in [2.45, 2.75) is 51.7 Å². The minimum Gasteiger partial charge on any atom is -0.444 e. The van der Waals surface area contributed by atoms with Crippen LogP contribution in [0.3, 0.4) is 0 Å². The Hall–Kier alpha value is -0.770. The van der Waals surface area contributed by atoms with Crippen molar-refractivity contribution in [2.24, 2.45) is 5.92 Å². The number of aliphatic hydroxyl groups excluding tert-OH is 1. The number of carbonyl (C=O) groups excluding carboxylic acids is 1. The Kier molecular flexibility index (Phi) is 3.97. The van der Waals surface area contributed by atoms with E-state index in [2.05, 4.69) is 5.32 Å². The molecule has 1 fully saturated rings. The quantitative estimate of drug-likeness (QED) is 0.750. The van der Waals surface area contributed by atoms with Crippen molar-refractivity contribution >= 4 is 6.09 Å². The van der Waals surface area contributed by atoms with Gasteiger partial charge in [-0.2, -0.15) is 0 Å². The smallest absolute Gasteiger partial charge is 0.407 e. The van der Waals surface area contributed by atoms with Gasteiger partial charge in [-0.1, -0.05) is 12.8 Å². The zero-order valence-electron chi connectivity index (χ0n) is 9.75. The third kappa shape index (κ3) is 6.33. The molecule has 0 heterocycles. The summed E-state index contributed by atoms with van der Waals surface area (Å²) in [5.41, 5.74) is -0.481. The van der Waals surface area contributed by atoms with E-state index < -0.39 is 17.8 Å². The van der Waals surface area contributed by atoms with Crippen LogP contribution in [-0.2, 0) is 4.74 Å². The number of amides is 1. The van der Waals surface area contributed by atoms with Gasteiger partial charge in [0.15, 0.2) is 0 Å². The molecule has 0 aliphatic heterocycles.